The fourth-order valence-corrected chi connectivity index (χ4v) is 3.99. The highest BCUT2D eigenvalue weighted by Crippen LogP contribution is 2.54. The summed E-state index contributed by atoms with van der Waals surface area (Å²) >= 11 is 1.41. The van der Waals surface area contributed by atoms with Crippen LogP contribution in [0.5, 0.6) is 0 Å². The summed E-state index contributed by atoms with van der Waals surface area (Å²) in [5.74, 6) is -0.0328. The van der Waals surface area contributed by atoms with Crippen LogP contribution in [0.1, 0.15) is 48.9 Å². The van der Waals surface area contributed by atoms with Gasteiger partial charge in [-0.2, -0.15) is 5.10 Å². The molecule has 1 aliphatic carbocycles. The summed E-state index contributed by atoms with van der Waals surface area (Å²) < 4.78 is 6.86. The van der Waals surface area contributed by atoms with Gasteiger partial charge in [0, 0.05) is 5.41 Å². The van der Waals surface area contributed by atoms with E-state index in [9.17, 15) is 4.79 Å². The van der Waals surface area contributed by atoms with E-state index in [2.05, 4.69) is 22.3 Å². The van der Waals surface area contributed by atoms with Crippen molar-refractivity contribution in [2.75, 3.05) is 5.32 Å². The Morgan fingerprint density at radius 2 is 2.38 bits per heavy atom. The van der Waals surface area contributed by atoms with E-state index in [4.69, 9.17) is 9.40 Å². The van der Waals surface area contributed by atoms with Crippen LogP contribution in [0, 0.1) is 0 Å². The van der Waals surface area contributed by atoms with Crippen LogP contribution in [-0.4, -0.2) is 25.7 Å². The predicted octanol–water partition coefficient (Wildman–Crippen LogP) is 3.40. The molecule has 0 bridgehead atoms. The Bertz CT molecular complexity index is 834. The lowest BCUT2D eigenvalue weighted by atomic mass is 9.97. The molecule has 0 spiro atoms. The standard InChI is InChI=1S/C16H17N5O2S/c1-2-5-16(6-7-16)12-14(21-10-17-9-18-21)24-15(19-12)20-13(22)11-4-3-8-23-11/h3-4,8-10H,2,5-7H2,1H3,(H,19,20,22). The van der Waals surface area contributed by atoms with E-state index >= 15 is 0 Å². The lowest BCUT2D eigenvalue weighted by Crippen LogP contribution is -2.12. The van der Waals surface area contributed by atoms with Crippen LogP contribution in [0.3, 0.4) is 0 Å². The topological polar surface area (TPSA) is 85.8 Å². The molecule has 124 valence electrons. The first-order valence-electron chi connectivity index (χ1n) is 7.93. The van der Waals surface area contributed by atoms with Crippen molar-refractivity contribution in [1.29, 1.82) is 0 Å². The first kappa shape index (κ1) is 15.1. The summed E-state index contributed by atoms with van der Waals surface area (Å²) in [6.45, 7) is 2.18. The van der Waals surface area contributed by atoms with Crippen molar-refractivity contribution in [2.24, 2.45) is 0 Å². The molecular formula is C16H17N5O2S. The minimum Gasteiger partial charge on any atom is -0.459 e. The summed E-state index contributed by atoms with van der Waals surface area (Å²) in [6, 6.07) is 3.31. The smallest absolute Gasteiger partial charge is 0.293 e. The van der Waals surface area contributed by atoms with Crippen molar-refractivity contribution < 1.29 is 9.21 Å². The summed E-state index contributed by atoms with van der Waals surface area (Å²) in [6.07, 6.45) is 9.08. The summed E-state index contributed by atoms with van der Waals surface area (Å²) in [5, 5.41) is 8.54. The average molecular weight is 343 g/mol. The molecule has 0 unspecified atom stereocenters. The van der Waals surface area contributed by atoms with Gasteiger partial charge in [-0.05, 0) is 31.4 Å². The lowest BCUT2D eigenvalue weighted by Gasteiger charge is -2.12. The molecular weight excluding hydrogens is 326 g/mol. The van der Waals surface area contributed by atoms with Gasteiger partial charge in [-0.3, -0.25) is 10.1 Å². The molecule has 1 fully saturated rings. The van der Waals surface area contributed by atoms with E-state index in [1.54, 1.807) is 23.1 Å². The molecule has 24 heavy (non-hydrogen) atoms. The maximum atomic E-state index is 12.2. The monoisotopic (exact) mass is 343 g/mol. The third kappa shape index (κ3) is 2.62. The molecule has 0 saturated heterocycles. The Morgan fingerprint density at radius 1 is 1.50 bits per heavy atom. The molecule has 3 heterocycles. The number of aromatic nitrogens is 4. The largest absolute Gasteiger partial charge is 0.459 e. The average Bonchev–Trinajstić information content (AvgIpc) is 3.06. The second-order valence-electron chi connectivity index (χ2n) is 5.97. The van der Waals surface area contributed by atoms with Gasteiger partial charge in [0.2, 0.25) is 0 Å². The van der Waals surface area contributed by atoms with Gasteiger partial charge in [0.1, 0.15) is 17.7 Å². The van der Waals surface area contributed by atoms with Gasteiger partial charge in [-0.15, -0.1) is 0 Å². The van der Waals surface area contributed by atoms with E-state index in [0.29, 0.717) is 5.13 Å². The molecule has 1 amide bonds. The zero-order chi connectivity index (χ0) is 16.6. The van der Waals surface area contributed by atoms with Gasteiger partial charge in [-0.25, -0.2) is 14.6 Å². The van der Waals surface area contributed by atoms with Crippen molar-refractivity contribution >= 4 is 22.4 Å². The fraction of sp³-hybridized carbons (Fsp3) is 0.375. The number of carbonyl (C=O) groups is 1. The minimum absolute atomic E-state index is 0.111. The molecule has 0 atom stereocenters. The van der Waals surface area contributed by atoms with E-state index in [1.807, 2.05) is 0 Å². The summed E-state index contributed by atoms with van der Waals surface area (Å²) in [7, 11) is 0. The summed E-state index contributed by atoms with van der Waals surface area (Å²) in [5.41, 5.74) is 1.12. The van der Waals surface area contributed by atoms with Crippen LogP contribution >= 0.6 is 11.3 Å². The number of hydrogen-bond donors (Lipinski definition) is 1. The van der Waals surface area contributed by atoms with Crippen LogP contribution in [0.25, 0.3) is 5.00 Å². The number of furan rings is 1. The van der Waals surface area contributed by atoms with Gasteiger partial charge in [-0.1, -0.05) is 24.7 Å². The quantitative estimate of drug-likeness (QED) is 0.741. The number of nitrogens with zero attached hydrogens (tertiary/aromatic N) is 4. The number of amides is 1. The highest BCUT2D eigenvalue weighted by molar-refractivity contribution is 7.18. The van der Waals surface area contributed by atoms with E-state index < -0.39 is 0 Å². The Morgan fingerprint density at radius 3 is 3.00 bits per heavy atom. The fourth-order valence-electron chi connectivity index (χ4n) is 2.98. The molecule has 7 nitrogen and oxygen atoms in total. The van der Waals surface area contributed by atoms with E-state index in [0.717, 1.165) is 36.4 Å². The van der Waals surface area contributed by atoms with E-state index in [-0.39, 0.29) is 17.1 Å². The Balaban J connectivity index is 1.68. The second-order valence-corrected chi connectivity index (χ2v) is 6.95. The molecule has 1 N–H and O–H groups in total. The SMILES string of the molecule is CCCC1(c2nc(NC(=O)c3ccco3)sc2-n2cncn2)CC1. The Kier molecular flexibility index (Phi) is 3.68. The molecule has 0 radical (unpaired) electrons. The first-order valence-corrected chi connectivity index (χ1v) is 8.75. The molecule has 8 heteroatoms. The number of rotatable bonds is 6. The maximum absolute atomic E-state index is 12.2. The molecule has 0 aromatic carbocycles. The second kappa shape index (κ2) is 5.86. The van der Waals surface area contributed by atoms with Gasteiger partial charge >= 0.3 is 0 Å². The molecule has 1 aliphatic rings. The van der Waals surface area contributed by atoms with Gasteiger partial charge in [0.05, 0.1) is 12.0 Å². The zero-order valence-electron chi connectivity index (χ0n) is 13.2. The van der Waals surface area contributed by atoms with Gasteiger partial charge in [0.15, 0.2) is 10.9 Å². The first-order chi connectivity index (χ1) is 11.7. The number of anilines is 1. The zero-order valence-corrected chi connectivity index (χ0v) is 14.0. The predicted molar refractivity (Wildman–Crippen MR) is 89.5 cm³/mol. The molecule has 4 rings (SSSR count). The van der Waals surface area contributed by atoms with Crippen LogP contribution in [0.15, 0.2) is 35.5 Å². The van der Waals surface area contributed by atoms with Crippen molar-refractivity contribution in [3.8, 4) is 5.00 Å². The van der Waals surface area contributed by atoms with Crippen LogP contribution in [0.2, 0.25) is 0 Å². The number of carbonyl (C=O) groups excluding carboxylic acids is 1. The van der Waals surface area contributed by atoms with Crippen molar-refractivity contribution in [1.82, 2.24) is 19.7 Å². The summed E-state index contributed by atoms with van der Waals surface area (Å²) in [4.78, 5) is 21.0. The minimum atomic E-state index is -0.300. The number of nitrogens with one attached hydrogen (secondary N) is 1. The van der Waals surface area contributed by atoms with E-state index in [1.165, 1.54) is 23.9 Å². The maximum Gasteiger partial charge on any atom is 0.293 e. The Hall–Kier alpha value is -2.48. The number of thiazole rings is 1. The van der Waals surface area contributed by atoms with Crippen molar-refractivity contribution in [2.45, 2.75) is 38.0 Å². The highest BCUT2D eigenvalue weighted by Gasteiger charge is 2.47. The van der Waals surface area contributed by atoms with Crippen molar-refractivity contribution in [3.05, 3.63) is 42.5 Å². The molecule has 0 aliphatic heterocycles. The molecule has 1 saturated carbocycles. The van der Waals surface area contributed by atoms with Crippen LogP contribution < -0.4 is 5.32 Å². The van der Waals surface area contributed by atoms with Crippen LogP contribution in [0.4, 0.5) is 5.13 Å². The third-order valence-corrected chi connectivity index (χ3v) is 5.25. The molecule has 3 aromatic rings. The Labute approximate surface area is 142 Å². The highest BCUT2D eigenvalue weighted by atomic mass is 32.1. The van der Waals surface area contributed by atoms with Crippen molar-refractivity contribution in [3.63, 3.8) is 0 Å². The third-order valence-electron chi connectivity index (χ3n) is 4.29. The lowest BCUT2D eigenvalue weighted by molar-refractivity contribution is 0.0996. The van der Waals surface area contributed by atoms with Crippen LogP contribution in [-0.2, 0) is 5.41 Å². The molecule has 3 aromatic heterocycles. The van der Waals surface area contributed by atoms with Gasteiger partial charge < -0.3 is 4.42 Å². The normalized spacial score (nSPS) is 15.4. The van der Waals surface area contributed by atoms with Gasteiger partial charge in [0.25, 0.3) is 5.91 Å². The number of hydrogen-bond acceptors (Lipinski definition) is 6.